The summed E-state index contributed by atoms with van der Waals surface area (Å²) in [6.45, 7) is 7.96. The van der Waals surface area contributed by atoms with E-state index in [1.54, 1.807) is 0 Å². The van der Waals surface area contributed by atoms with Gasteiger partial charge >= 0.3 is 0 Å². The molecule has 96 valence electrons. The number of nitrogens with zero attached hydrogens (tertiary/aromatic N) is 2. The van der Waals surface area contributed by atoms with Gasteiger partial charge in [0, 0.05) is 24.8 Å². The van der Waals surface area contributed by atoms with E-state index in [0.29, 0.717) is 12.1 Å². The molecule has 2 atom stereocenters. The maximum Gasteiger partial charge on any atom is 0.0983 e. The summed E-state index contributed by atoms with van der Waals surface area (Å²) in [7, 11) is 0. The average Bonchev–Trinajstić information content (AvgIpc) is 3.10. The predicted molar refractivity (Wildman–Crippen MR) is 68.0 cm³/mol. The van der Waals surface area contributed by atoms with Crippen molar-refractivity contribution in [2.75, 3.05) is 13.1 Å². The Morgan fingerprint density at radius 3 is 2.76 bits per heavy atom. The van der Waals surface area contributed by atoms with Crippen LogP contribution in [-0.4, -0.2) is 29.0 Å². The highest BCUT2D eigenvalue weighted by Gasteiger charge is 2.27. The Morgan fingerprint density at radius 2 is 2.12 bits per heavy atom. The van der Waals surface area contributed by atoms with Gasteiger partial charge in [-0.2, -0.15) is 5.10 Å². The van der Waals surface area contributed by atoms with Crippen LogP contribution in [0.1, 0.15) is 51.3 Å². The Kier molecular flexibility index (Phi) is 4.18. The van der Waals surface area contributed by atoms with Crippen LogP contribution in [-0.2, 0) is 4.74 Å². The van der Waals surface area contributed by atoms with E-state index in [-0.39, 0.29) is 6.10 Å². The molecule has 0 aromatic carbocycles. The second kappa shape index (κ2) is 5.65. The number of aromatic nitrogens is 2. The quantitative estimate of drug-likeness (QED) is 0.857. The maximum atomic E-state index is 5.87. The lowest BCUT2D eigenvalue weighted by molar-refractivity contribution is -0.0287. The van der Waals surface area contributed by atoms with E-state index >= 15 is 0 Å². The highest BCUT2D eigenvalue weighted by atomic mass is 16.5. The Hall–Kier alpha value is -0.870. The van der Waals surface area contributed by atoms with Crippen molar-refractivity contribution in [1.82, 2.24) is 15.1 Å². The Labute approximate surface area is 103 Å². The molecule has 1 aliphatic heterocycles. The minimum absolute atomic E-state index is 0.182. The minimum atomic E-state index is 0.182. The summed E-state index contributed by atoms with van der Waals surface area (Å²) in [4.78, 5) is 0. The SMILES string of the molecule is CC.CC1CNCC(c2cnn(C3CC3)c2)O1. The van der Waals surface area contributed by atoms with Crippen molar-refractivity contribution >= 4 is 0 Å². The lowest BCUT2D eigenvalue weighted by Gasteiger charge is -2.27. The standard InChI is InChI=1S/C11H17N3O.C2H6/c1-8-4-12-6-11(15-8)9-5-13-14(7-9)10-2-3-10;1-2/h5,7-8,10-12H,2-4,6H2,1H3;1-2H3. The molecule has 2 heterocycles. The van der Waals surface area contributed by atoms with Gasteiger partial charge in [-0.25, -0.2) is 0 Å². The summed E-state index contributed by atoms with van der Waals surface area (Å²) < 4.78 is 7.95. The maximum absolute atomic E-state index is 5.87. The molecule has 1 aromatic rings. The van der Waals surface area contributed by atoms with Gasteiger partial charge in [0.2, 0.25) is 0 Å². The van der Waals surface area contributed by atoms with Gasteiger partial charge in [-0.15, -0.1) is 0 Å². The number of hydrogen-bond donors (Lipinski definition) is 1. The topological polar surface area (TPSA) is 39.1 Å². The third-order valence-electron chi connectivity index (χ3n) is 3.07. The molecule has 0 spiro atoms. The molecule has 0 bridgehead atoms. The molecule has 17 heavy (non-hydrogen) atoms. The first-order valence-corrected chi connectivity index (χ1v) is 6.73. The molecule has 2 aliphatic rings. The van der Waals surface area contributed by atoms with Crippen LogP contribution >= 0.6 is 0 Å². The molecule has 1 N–H and O–H groups in total. The van der Waals surface area contributed by atoms with Gasteiger partial charge in [0.1, 0.15) is 0 Å². The summed E-state index contributed by atoms with van der Waals surface area (Å²) in [6.07, 6.45) is 7.13. The molecule has 1 saturated carbocycles. The van der Waals surface area contributed by atoms with Gasteiger partial charge in [0.15, 0.2) is 0 Å². The second-order valence-corrected chi connectivity index (χ2v) is 4.58. The summed E-state index contributed by atoms with van der Waals surface area (Å²) >= 11 is 0. The van der Waals surface area contributed by atoms with Crippen molar-refractivity contribution in [1.29, 1.82) is 0 Å². The molecule has 4 nitrogen and oxygen atoms in total. The van der Waals surface area contributed by atoms with Gasteiger partial charge in [-0.1, -0.05) is 13.8 Å². The fourth-order valence-corrected chi connectivity index (χ4v) is 2.05. The highest BCUT2D eigenvalue weighted by molar-refractivity contribution is 5.11. The van der Waals surface area contributed by atoms with E-state index in [1.807, 2.05) is 20.0 Å². The molecule has 0 radical (unpaired) electrons. The number of ether oxygens (including phenoxy) is 1. The molecule has 4 heteroatoms. The fraction of sp³-hybridized carbons (Fsp3) is 0.769. The molecule has 3 rings (SSSR count). The number of morpholine rings is 1. The van der Waals surface area contributed by atoms with E-state index in [4.69, 9.17) is 4.74 Å². The van der Waals surface area contributed by atoms with E-state index < -0.39 is 0 Å². The van der Waals surface area contributed by atoms with Crippen molar-refractivity contribution in [3.8, 4) is 0 Å². The van der Waals surface area contributed by atoms with Gasteiger partial charge in [-0.3, -0.25) is 4.68 Å². The average molecular weight is 237 g/mol. The molecule has 2 unspecified atom stereocenters. The Morgan fingerprint density at radius 1 is 1.35 bits per heavy atom. The summed E-state index contributed by atoms with van der Waals surface area (Å²) in [5, 5.41) is 7.76. The van der Waals surface area contributed by atoms with Crippen molar-refractivity contribution in [2.24, 2.45) is 0 Å². The molecular formula is C13H23N3O. The zero-order chi connectivity index (χ0) is 12.3. The van der Waals surface area contributed by atoms with Crippen molar-refractivity contribution in [3.63, 3.8) is 0 Å². The summed E-state index contributed by atoms with van der Waals surface area (Å²) in [5.74, 6) is 0. The Balaban J connectivity index is 0.000000514. The Bertz CT molecular complexity index is 346. The van der Waals surface area contributed by atoms with Crippen LogP contribution in [0.4, 0.5) is 0 Å². The number of hydrogen-bond acceptors (Lipinski definition) is 3. The molecule has 1 saturated heterocycles. The number of rotatable bonds is 2. The van der Waals surface area contributed by atoms with Crippen molar-refractivity contribution in [2.45, 2.75) is 51.9 Å². The largest absolute Gasteiger partial charge is 0.368 e. The van der Waals surface area contributed by atoms with Crippen molar-refractivity contribution in [3.05, 3.63) is 18.0 Å². The van der Waals surface area contributed by atoms with Gasteiger partial charge in [-0.05, 0) is 19.8 Å². The van der Waals surface area contributed by atoms with Crippen LogP contribution in [0.25, 0.3) is 0 Å². The van der Waals surface area contributed by atoms with Crippen LogP contribution in [0.2, 0.25) is 0 Å². The van der Waals surface area contributed by atoms with Gasteiger partial charge in [0.05, 0.1) is 24.4 Å². The second-order valence-electron chi connectivity index (χ2n) is 4.58. The van der Waals surface area contributed by atoms with Crippen LogP contribution in [0, 0.1) is 0 Å². The molecule has 1 aromatic heterocycles. The zero-order valence-corrected chi connectivity index (χ0v) is 11.0. The van der Waals surface area contributed by atoms with E-state index in [9.17, 15) is 0 Å². The van der Waals surface area contributed by atoms with E-state index in [0.717, 1.165) is 13.1 Å². The van der Waals surface area contributed by atoms with Crippen LogP contribution in [0.3, 0.4) is 0 Å². The summed E-state index contributed by atoms with van der Waals surface area (Å²) in [6, 6.07) is 0.660. The van der Waals surface area contributed by atoms with Gasteiger partial charge < -0.3 is 10.1 Å². The summed E-state index contributed by atoms with van der Waals surface area (Å²) in [5.41, 5.74) is 1.21. The first kappa shape index (κ1) is 12.6. The van der Waals surface area contributed by atoms with Crippen LogP contribution in [0.5, 0.6) is 0 Å². The normalized spacial score (nSPS) is 28.4. The third kappa shape index (κ3) is 3.07. The van der Waals surface area contributed by atoms with E-state index in [2.05, 4.69) is 28.2 Å². The monoisotopic (exact) mass is 237 g/mol. The minimum Gasteiger partial charge on any atom is -0.368 e. The lowest BCUT2D eigenvalue weighted by Crippen LogP contribution is -2.38. The third-order valence-corrected chi connectivity index (χ3v) is 3.07. The lowest BCUT2D eigenvalue weighted by atomic mass is 10.1. The van der Waals surface area contributed by atoms with Crippen molar-refractivity contribution < 1.29 is 4.74 Å². The molecule has 1 aliphatic carbocycles. The molecule has 0 amide bonds. The van der Waals surface area contributed by atoms with E-state index in [1.165, 1.54) is 18.4 Å². The van der Waals surface area contributed by atoms with Crippen LogP contribution < -0.4 is 5.32 Å². The first-order chi connectivity index (χ1) is 8.33. The number of nitrogens with one attached hydrogen (secondary N) is 1. The molecule has 2 fully saturated rings. The van der Waals surface area contributed by atoms with Crippen LogP contribution in [0.15, 0.2) is 12.4 Å². The highest BCUT2D eigenvalue weighted by Crippen LogP contribution is 2.35. The predicted octanol–water partition coefficient (Wildman–Crippen LogP) is 2.29. The van der Waals surface area contributed by atoms with Gasteiger partial charge in [0.25, 0.3) is 0 Å². The zero-order valence-electron chi connectivity index (χ0n) is 11.0. The first-order valence-electron chi connectivity index (χ1n) is 6.73. The molecular weight excluding hydrogens is 214 g/mol. The smallest absolute Gasteiger partial charge is 0.0983 e. The fourth-order valence-electron chi connectivity index (χ4n) is 2.05.